The van der Waals surface area contributed by atoms with Crippen molar-refractivity contribution in [3.63, 3.8) is 0 Å². The number of ether oxygens (including phenoxy) is 1. The smallest absolute Gasteiger partial charge is 0.239 e. The molecule has 1 atom stereocenters. The Hall–Kier alpha value is -1.69. The highest BCUT2D eigenvalue weighted by molar-refractivity contribution is 7.15. The summed E-state index contributed by atoms with van der Waals surface area (Å²) in [6, 6.07) is 13.1. The molecule has 148 valence electrons. The van der Waals surface area contributed by atoms with Gasteiger partial charge in [0, 0.05) is 29.3 Å². The van der Waals surface area contributed by atoms with Crippen LogP contribution in [-0.2, 0) is 21.6 Å². The largest absolute Gasteiger partial charge is 0.370 e. The number of amides is 1. The highest BCUT2D eigenvalue weighted by Gasteiger charge is 2.44. The maximum absolute atomic E-state index is 13.0. The summed E-state index contributed by atoms with van der Waals surface area (Å²) >= 11 is 1.92. The van der Waals surface area contributed by atoms with Crippen molar-refractivity contribution in [1.82, 2.24) is 9.80 Å². The number of hydrogen-bond donors (Lipinski definition) is 0. The average Bonchev–Trinajstić information content (AvgIpc) is 3.36. The van der Waals surface area contributed by atoms with E-state index < -0.39 is 0 Å². The second-order valence-electron chi connectivity index (χ2n) is 8.37. The van der Waals surface area contributed by atoms with Gasteiger partial charge >= 0.3 is 0 Å². The van der Waals surface area contributed by atoms with Gasteiger partial charge in [0.25, 0.3) is 0 Å². The molecule has 1 spiro atoms. The number of likely N-dealkylation sites (tertiary alicyclic amines) is 2. The summed E-state index contributed by atoms with van der Waals surface area (Å²) in [7, 11) is 2.08. The molecule has 5 rings (SSSR count). The minimum Gasteiger partial charge on any atom is -0.370 e. The number of carbonyl (C=O) groups is 1. The molecule has 0 unspecified atom stereocenters. The molecule has 2 aromatic rings. The Morgan fingerprint density at radius 1 is 1.18 bits per heavy atom. The Morgan fingerprint density at radius 3 is 2.68 bits per heavy atom. The topological polar surface area (TPSA) is 32.8 Å². The molecule has 1 aromatic carbocycles. The van der Waals surface area contributed by atoms with E-state index in [1.165, 1.54) is 20.9 Å². The van der Waals surface area contributed by atoms with E-state index >= 15 is 0 Å². The summed E-state index contributed by atoms with van der Waals surface area (Å²) in [5.41, 5.74) is 2.47. The van der Waals surface area contributed by atoms with Crippen molar-refractivity contribution in [3.05, 3.63) is 46.8 Å². The van der Waals surface area contributed by atoms with Gasteiger partial charge in [-0.1, -0.05) is 30.3 Å². The first kappa shape index (κ1) is 18.3. The van der Waals surface area contributed by atoms with E-state index in [9.17, 15) is 4.79 Å². The van der Waals surface area contributed by atoms with E-state index in [1.807, 2.05) is 11.3 Å². The van der Waals surface area contributed by atoms with E-state index in [-0.39, 0.29) is 11.6 Å². The Labute approximate surface area is 171 Å². The molecule has 1 amide bonds. The molecule has 1 aromatic heterocycles. The third-order valence-electron chi connectivity index (χ3n) is 6.75. The van der Waals surface area contributed by atoms with Gasteiger partial charge in [-0.2, -0.15) is 0 Å². The molecule has 4 heterocycles. The summed E-state index contributed by atoms with van der Waals surface area (Å²) in [5.74, 6) is 0.321. The monoisotopic (exact) mass is 396 g/mol. The molecular weight excluding hydrogens is 368 g/mol. The highest BCUT2D eigenvalue weighted by atomic mass is 32.1. The van der Waals surface area contributed by atoms with Crippen molar-refractivity contribution in [1.29, 1.82) is 0 Å². The lowest BCUT2D eigenvalue weighted by atomic mass is 9.82. The molecule has 0 N–H and O–H groups in total. The summed E-state index contributed by atoms with van der Waals surface area (Å²) in [6.07, 6.45) is 4.96. The van der Waals surface area contributed by atoms with Crippen LogP contribution in [0.25, 0.3) is 10.4 Å². The summed E-state index contributed by atoms with van der Waals surface area (Å²) < 4.78 is 6.42. The van der Waals surface area contributed by atoms with Crippen molar-refractivity contribution >= 4 is 17.2 Å². The van der Waals surface area contributed by atoms with Gasteiger partial charge in [-0.25, -0.2) is 0 Å². The van der Waals surface area contributed by atoms with Crippen LogP contribution in [0.1, 0.15) is 36.1 Å². The number of piperidine rings is 1. The molecule has 0 bridgehead atoms. The zero-order valence-electron chi connectivity index (χ0n) is 16.5. The van der Waals surface area contributed by atoms with Crippen LogP contribution in [0, 0.1) is 0 Å². The molecule has 0 saturated carbocycles. The Morgan fingerprint density at radius 2 is 1.96 bits per heavy atom. The molecule has 2 saturated heterocycles. The van der Waals surface area contributed by atoms with E-state index in [1.54, 1.807) is 0 Å². The zero-order chi connectivity index (χ0) is 19.1. The molecule has 0 radical (unpaired) electrons. The molecule has 28 heavy (non-hydrogen) atoms. The SMILES string of the molecule is CN1CCC[C@H]1C(=O)N1CCC2(CC1)OCCc1sc(-c3ccccc3)cc12. The number of fused-ring (bicyclic) bond motifs is 2. The first-order chi connectivity index (χ1) is 13.7. The molecule has 4 nitrogen and oxygen atoms in total. The molecule has 3 aliphatic rings. The first-order valence-electron chi connectivity index (χ1n) is 10.5. The summed E-state index contributed by atoms with van der Waals surface area (Å²) in [4.78, 5) is 20.1. The van der Waals surface area contributed by atoms with Crippen LogP contribution in [0.4, 0.5) is 0 Å². The van der Waals surface area contributed by atoms with Gasteiger partial charge in [0.05, 0.1) is 18.2 Å². The van der Waals surface area contributed by atoms with Crippen LogP contribution < -0.4 is 0 Å². The minimum atomic E-state index is -0.199. The van der Waals surface area contributed by atoms with Crippen LogP contribution in [0.15, 0.2) is 36.4 Å². The average molecular weight is 397 g/mol. The van der Waals surface area contributed by atoms with Crippen LogP contribution in [0.3, 0.4) is 0 Å². The fraction of sp³-hybridized carbons (Fsp3) is 0.522. The third-order valence-corrected chi connectivity index (χ3v) is 8.00. The maximum Gasteiger partial charge on any atom is 0.239 e. The zero-order valence-corrected chi connectivity index (χ0v) is 17.3. The van der Waals surface area contributed by atoms with Crippen LogP contribution in [0.5, 0.6) is 0 Å². The normalized spacial score (nSPS) is 24.5. The van der Waals surface area contributed by atoms with Crippen molar-refractivity contribution in [2.24, 2.45) is 0 Å². The lowest BCUT2D eigenvalue weighted by molar-refractivity contribution is -0.144. The number of thiophene rings is 1. The predicted molar refractivity (Wildman–Crippen MR) is 113 cm³/mol. The van der Waals surface area contributed by atoms with Gasteiger partial charge in [-0.3, -0.25) is 9.69 Å². The second kappa shape index (κ2) is 7.29. The third kappa shape index (κ3) is 3.10. The second-order valence-corrected chi connectivity index (χ2v) is 9.51. The number of rotatable bonds is 2. The van der Waals surface area contributed by atoms with Crippen LogP contribution in [0.2, 0.25) is 0 Å². The van der Waals surface area contributed by atoms with Crippen molar-refractivity contribution < 1.29 is 9.53 Å². The van der Waals surface area contributed by atoms with Gasteiger partial charge in [-0.15, -0.1) is 11.3 Å². The Kier molecular flexibility index (Phi) is 4.77. The number of likely N-dealkylation sites (N-methyl/N-ethyl adjacent to an activating group) is 1. The first-order valence-corrected chi connectivity index (χ1v) is 11.3. The standard InChI is InChI=1S/C23H28N2O2S/c1-24-12-5-8-19(24)22(26)25-13-10-23(11-14-25)18-16-21(17-6-3-2-4-7-17)28-20(18)9-15-27-23/h2-4,6-7,16,19H,5,8-15H2,1H3/t19-/m0/s1. The Bertz CT molecular complexity index is 855. The van der Waals surface area contributed by atoms with Crippen molar-refractivity contribution in [3.8, 4) is 10.4 Å². The van der Waals surface area contributed by atoms with Crippen LogP contribution in [-0.4, -0.2) is 55.0 Å². The predicted octanol–water partition coefficient (Wildman–Crippen LogP) is 3.90. The van der Waals surface area contributed by atoms with Crippen LogP contribution >= 0.6 is 11.3 Å². The van der Waals surface area contributed by atoms with Gasteiger partial charge < -0.3 is 9.64 Å². The number of hydrogen-bond acceptors (Lipinski definition) is 4. The Balaban J connectivity index is 1.35. The van der Waals surface area contributed by atoms with Gasteiger partial charge in [-0.05, 0) is 56.5 Å². The molecule has 0 aliphatic carbocycles. The summed E-state index contributed by atoms with van der Waals surface area (Å²) in [6.45, 7) is 3.44. The van der Waals surface area contributed by atoms with Crippen molar-refractivity contribution in [2.75, 3.05) is 33.3 Å². The lowest BCUT2D eigenvalue weighted by Gasteiger charge is -2.44. The fourth-order valence-corrected chi connectivity index (χ4v) is 6.33. The maximum atomic E-state index is 13.0. The van der Waals surface area contributed by atoms with E-state index in [2.05, 4.69) is 53.2 Å². The quantitative estimate of drug-likeness (QED) is 0.772. The number of carbonyl (C=O) groups excluding carboxylic acids is 1. The number of nitrogens with zero attached hydrogens (tertiary/aromatic N) is 2. The molecule has 3 aliphatic heterocycles. The van der Waals surface area contributed by atoms with E-state index in [0.29, 0.717) is 5.91 Å². The van der Waals surface area contributed by atoms with E-state index in [4.69, 9.17) is 4.74 Å². The van der Waals surface area contributed by atoms with Gasteiger partial charge in [0.1, 0.15) is 0 Å². The molecule has 2 fully saturated rings. The molecule has 5 heteroatoms. The molecular formula is C23H28N2O2S. The fourth-order valence-electron chi connectivity index (χ4n) is 5.10. The number of benzene rings is 1. The van der Waals surface area contributed by atoms with Gasteiger partial charge in [0.2, 0.25) is 5.91 Å². The van der Waals surface area contributed by atoms with Gasteiger partial charge in [0.15, 0.2) is 0 Å². The lowest BCUT2D eigenvalue weighted by Crippen LogP contribution is -2.52. The minimum absolute atomic E-state index is 0.0858. The van der Waals surface area contributed by atoms with Crippen molar-refractivity contribution in [2.45, 2.75) is 43.7 Å². The summed E-state index contributed by atoms with van der Waals surface area (Å²) in [5, 5.41) is 0. The van der Waals surface area contributed by atoms with E-state index in [0.717, 1.165) is 58.3 Å². The highest BCUT2D eigenvalue weighted by Crippen LogP contribution is 2.46.